The second kappa shape index (κ2) is 8.83. The maximum Gasteiger partial charge on any atom is 0.338 e. The minimum atomic E-state index is -3.53. The summed E-state index contributed by atoms with van der Waals surface area (Å²) in [5.41, 5.74) is 1.39. The van der Waals surface area contributed by atoms with Crippen LogP contribution in [-0.2, 0) is 14.8 Å². The average molecular weight is 439 g/mol. The molecule has 1 fully saturated rings. The van der Waals surface area contributed by atoms with E-state index >= 15 is 0 Å². The molecule has 0 N–H and O–H groups in total. The molecule has 0 saturated carbocycles. The number of Topliss-reactive ketones (excluding diaryl/α,β-unsaturated/α-hetero) is 1. The van der Waals surface area contributed by atoms with Crippen LogP contribution in [0.4, 0.5) is 0 Å². The largest absolute Gasteiger partial charge is 0.454 e. The maximum absolute atomic E-state index is 12.6. The lowest BCUT2D eigenvalue weighted by Crippen LogP contribution is -2.27. The summed E-state index contributed by atoms with van der Waals surface area (Å²) in [6.07, 6.45) is 5.15. The molecule has 0 bridgehead atoms. The third-order valence-corrected chi connectivity index (χ3v) is 7.00. The highest BCUT2D eigenvalue weighted by atomic mass is 32.2. The fourth-order valence-electron chi connectivity index (χ4n) is 3.36. The molecular formula is C22H21N3O5S. The third-order valence-electron chi connectivity index (χ3n) is 5.09. The molecule has 8 nitrogen and oxygen atoms in total. The first-order chi connectivity index (χ1) is 14.9. The Kier molecular flexibility index (Phi) is 5.97. The van der Waals surface area contributed by atoms with Gasteiger partial charge in [-0.05, 0) is 67.4 Å². The highest BCUT2D eigenvalue weighted by molar-refractivity contribution is 7.89. The number of rotatable bonds is 7. The normalized spacial score (nSPS) is 14.5. The first-order valence-electron chi connectivity index (χ1n) is 9.86. The standard InChI is InChI=1S/C22H21N3O5S/c26-21(17-6-10-20(11-7-17)31(28,29)24-13-1-2-14-24)16-30-22(27)18-4-8-19(9-5-18)25-15-3-12-23-25/h3-12,15H,1-2,13-14,16H2. The van der Waals surface area contributed by atoms with Crippen molar-refractivity contribution in [2.24, 2.45) is 0 Å². The van der Waals surface area contributed by atoms with E-state index in [1.807, 2.05) is 0 Å². The van der Waals surface area contributed by atoms with Crippen molar-refractivity contribution in [2.45, 2.75) is 17.7 Å². The lowest BCUT2D eigenvalue weighted by atomic mass is 10.1. The molecule has 0 unspecified atom stereocenters. The van der Waals surface area contributed by atoms with Crippen LogP contribution in [0.3, 0.4) is 0 Å². The zero-order valence-electron chi connectivity index (χ0n) is 16.7. The Balaban J connectivity index is 1.35. The molecule has 0 spiro atoms. The average Bonchev–Trinajstić information content (AvgIpc) is 3.52. The van der Waals surface area contributed by atoms with Crippen LogP contribution in [0.5, 0.6) is 0 Å². The van der Waals surface area contributed by atoms with E-state index in [9.17, 15) is 18.0 Å². The Morgan fingerprint density at radius 2 is 1.58 bits per heavy atom. The van der Waals surface area contributed by atoms with Gasteiger partial charge in [0.25, 0.3) is 0 Å². The first kappa shape index (κ1) is 21.0. The summed E-state index contributed by atoms with van der Waals surface area (Å²) >= 11 is 0. The van der Waals surface area contributed by atoms with Gasteiger partial charge in [0, 0.05) is 31.0 Å². The van der Waals surface area contributed by atoms with Gasteiger partial charge in [-0.1, -0.05) is 0 Å². The van der Waals surface area contributed by atoms with Crippen molar-refractivity contribution in [3.8, 4) is 5.69 Å². The molecule has 1 aromatic heterocycles. The Morgan fingerprint density at radius 1 is 0.935 bits per heavy atom. The number of benzene rings is 2. The SMILES string of the molecule is O=C(COC(=O)c1ccc(-n2cccn2)cc1)c1ccc(S(=O)(=O)N2CCCC2)cc1. The second-order valence-corrected chi connectivity index (χ2v) is 9.07. The number of ketones is 1. The number of carbonyl (C=O) groups is 2. The molecule has 1 saturated heterocycles. The van der Waals surface area contributed by atoms with Crippen LogP contribution in [0.25, 0.3) is 5.69 Å². The fourth-order valence-corrected chi connectivity index (χ4v) is 4.88. The number of nitrogens with zero attached hydrogens (tertiary/aromatic N) is 3. The number of hydrogen-bond acceptors (Lipinski definition) is 6. The van der Waals surface area contributed by atoms with Gasteiger partial charge in [-0.25, -0.2) is 17.9 Å². The molecule has 2 aromatic carbocycles. The number of hydrogen-bond donors (Lipinski definition) is 0. The van der Waals surface area contributed by atoms with Gasteiger partial charge in [-0.15, -0.1) is 0 Å². The van der Waals surface area contributed by atoms with E-state index in [4.69, 9.17) is 4.74 Å². The van der Waals surface area contributed by atoms with E-state index in [2.05, 4.69) is 5.10 Å². The topological polar surface area (TPSA) is 98.6 Å². The predicted molar refractivity (Wildman–Crippen MR) is 113 cm³/mol. The number of esters is 1. The lowest BCUT2D eigenvalue weighted by Gasteiger charge is -2.15. The molecule has 2 heterocycles. The van der Waals surface area contributed by atoms with Gasteiger partial charge in [-0.2, -0.15) is 9.40 Å². The van der Waals surface area contributed by atoms with Gasteiger partial charge in [-0.3, -0.25) is 4.79 Å². The highest BCUT2D eigenvalue weighted by Gasteiger charge is 2.27. The Hall–Kier alpha value is -3.30. The van der Waals surface area contributed by atoms with Gasteiger partial charge in [0.1, 0.15) is 0 Å². The summed E-state index contributed by atoms with van der Waals surface area (Å²) in [6, 6.07) is 14.2. The van der Waals surface area contributed by atoms with Crippen molar-refractivity contribution in [3.05, 3.63) is 78.1 Å². The van der Waals surface area contributed by atoms with E-state index in [0.717, 1.165) is 18.5 Å². The monoisotopic (exact) mass is 439 g/mol. The van der Waals surface area contributed by atoms with Gasteiger partial charge in [0.2, 0.25) is 10.0 Å². The summed E-state index contributed by atoms with van der Waals surface area (Å²) < 4.78 is 33.3. The van der Waals surface area contributed by atoms with Gasteiger partial charge in [0.05, 0.1) is 16.1 Å². The van der Waals surface area contributed by atoms with E-state index in [-0.39, 0.29) is 10.5 Å². The fraction of sp³-hybridized carbons (Fsp3) is 0.227. The zero-order chi connectivity index (χ0) is 21.8. The van der Waals surface area contributed by atoms with Crippen molar-refractivity contribution >= 4 is 21.8 Å². The summed E-state index contributed by atoms with van der Waals surface area (Å²) in [4.78, 5) is 24.7. The maximum atomic E-state index is 12.6. The number of ether oxygens (including phenoxy) is 1. The van der Waals surface area contributed by atoms with Crippen LogP contribution in [0.1, 0.15) is 33.6 Å². The first-order valence-corrected chi connectivity index (χ1v) is 11.3. The van der Waals surface area contributed by atoms with Crippen molar-refractivity contribution in [1.29, 1.82) is 0 Å². The molecule has 3 aromatic rings. The van der Waals surface area contributed by atoms with Crippen LogP contribution >= 0.6 is 0 Å². The third kappa shape index (κ3) is 4.57. The molecular weight excluding hydrogens is 418 g/mol. The summed E-state index contributed by atoms with van der Waals surface area (Å²) in [5, 5.41) is 4.11. The van der Waals surface area contributed by atoms with Crippen LogP contribution in [0, 0.1) is 0 Å². The molecule has 0 amide bonds. The lowest BCUT2D eigenvalue weighted by molar-refractivity contribution is 0.0475. The quantitative estimate of drug-likeness (QED) is 0.415. The van der Waals surface area contributed by atoms with Crippen LogP contribution in [-0.4, -0.2) is 54.0 Å². The Morgan fingerprint density at radius 3 is 2.19 bits per heavy atom. The van der Waals surface area contributed by atoms with Crippen LogP contribution < -0.4 is 0 Å². The number of sulfonamides is 1. The zero-order valence-corrected chi connectivity index (χ0v) is 17.5. The molecule has 31 heavy (non-hydrogen) atoms. The van der Waals surface area contributed by atoms with Gasteiger partial charge < -0.3 is 4.74 Å². The smallest absolute Gasteiger partial charge is 0.338 e. The molecule has 4 rings (SSSR count). The molecule has 160 valence electrons. The minimum absolute atomic E-state index is 0.153. The minimum Gasteiger partial charge on any atom is -0.454 e. The van der Waals surface area contributed by atoms with Gasteiger partial charge >= 0.3 is 5.97 Å². The van der Waals surface area contributed by atoms with Crippen molar-refractivity contribution < 1.29 is 22.7 Å². The summed E-state index contributed by atoms with van der Waals surface area (Å²) in [7, 11) is -3.53. The van der Waals surface area contributed by atoms with Crippen LogP contribution in [0.15, 0.2) is 71.9 Å². The number of aromatic nitrogens is 2. The molecule has 1 aliphatic heterocycles. The summed E-state index contributed by atoms with van der Waals surface area (Å²) in [6.45, 7) is 0.599. The highest BCUT2D eigenvalue weighted by Crippen LogP contribution is 2.21. The van der Waals surface area contributed by atoms with Crippen molar-refractivity contribution in [2.75, 3.05) is 19.7 Å². The van der Waals surface area contributed by atoms with Crippen molar-refractivity contribution in [3.63, 3.8) is 0 Å². The molecule has 1 aliphatic rings. The predicted octanol–water partition coefficient (Wildman–Crippen LogP) is 2.70. The molecule has 0 radical (unpaired) electrons. The summed E-state index contributed by atoms with van der Waals surface area (Å²) in [5.74, 6) is -1.03. The van der Waals surface area contributed by atoms with E-state index in [1.165, 1.54) is 28.6 Å². The van der Waals surface area contributed by atoms with E-state index < -0.39 is 28.4 Å². The van der Waals surface area contributed by atoms with Crippen LogP contribution in [0.2, 0.25) is 0 Å². The molecule has 9 heteroatoms. The number of carbonyl (C=O) groups excluding carboxylic acids is 2. The van der Waals surface area contributed by atoms with E-state index in [0.29, 0.717) is 18.7 Å². The van der Waals surface area contributed by atoms with E-state index in [1.54, 1.807) is 47.4 Å². The molecule has 0 atom stereocenters. The Labute approximate surface area is 180 Å². The Bertz CT molecular complexity index is 1160. The van der Waals surface area contributed by atoms with Gasteiger partial charge in [0.15, 0.2) is 12.4 Å². The molecule has 0 aliphatic carbocycles. The second-order valence-electron chi connectivity index (χ2n) is 7.13. The van der Waals surface area contributed by atoms with Crippen molar-refractivity contribution in [1.82, 2.24) is 14.1 Å².